The Morgan fingerprint density at radius 3 is 2.57 bits per heavy atom. The molecule has 2 heterocycles. The van der Waals surface area contributed by atoms with Crippen LogP contribution in [0.4, 0.5) is 5.69 Å². The third-order valence-electron chi connectivity index (χ3n) is 3.72. The average molecular weight is 295 g/mol. The molecule has 6 heteroatoms. The normalized spacial score (nSPS) is 12.9. The second-order valence-corrected chi connectivity index (χ2v) is 5.45. The minimum absolute atomic E-state index is 0.681. The summed E-state index contributed by atoms with van der Waals surface area (Å²) in [5.41, 5.74) is 5.76. The summed E-state index contributed by atoms with van der Waals surface area (Å²) in [6.45, 7) is 0.681. The van der Waals surface area contributed by atoms with E-state index in [1.165, 1.54) is 4.79 Å². The van der Waals surface area contributed by atoms with Crippen LogP contribution in [0.15, 0.2) is 48.5 Å². The lowest BCUT2D eigenvalue weighted by Crippen LogP contribution is -2.17. The molecule has 0 spiro atoms. The molecule has 1 aromatic heterocycles. The van der Waals surface area contributed by atoms with Gasteiger partial charge in [-0.3, -0.25) is 0 Å². The largest absolute Gasteiger partial charge is 0.321 e. The van der Waals surface area contributed by atoms with E-state index in [-0.39, 0.29) is 0 Å². The summed E-state index contributed by atoms with van der Waals surface area (Å²) in [5.74, 6) is 6.00. The molecule has 0 amide bonds. The Balaban J connectivity index is 2.11. The van der Waals surface area contributed by atoms with Crippen molar-refractivity contribution in [1.29, 1.82) is 0 Å². The fraction of sp³-hybridized carbons (Fsp3) is 0.0667. The summed E-state index contributed by atoms with van der Waals surface area (Å²) in [6, 6.07) is 16.1. The van der Waals surface area contributed by atoms with Crippen LogP contribution in [0.3, 0.4) is 0 Å². The number of anilines is 1. The Labute approximate surface area is 127 Å². The van der Waals surface area contributed by atoms with E-state index in [9.17, 15) is 0 Å². The fourth-order valence-electron chi connectivity index (χ4n) is 2.76. The van der Waals surface area contributed by atoms with Gasteiger partial charge in [-0.15, -0.1) is 5.10 Å². The SMILES string of the molecule is Nn1nnc2c1-c1ccccc1CN(S)c1ccccc1-2. The number of fused-ring (bicyclic) bond motifs is 5. The number of nitrogens with two attached hydrogens (primary N) is 1. The topological polar surface area (TPSA) is 60.0 Å². The van der Waals surface area contributed by atoms with Gasteiger partial charge in [-0.2, -0.15) is 4.79 Å². The zero-order valence-electron chi connectivity index (χ0n) is 11.1. The van der Waals surface area contributed by atoms with E-state index < -0.39 is 0 Å². The molecule has 0 saturated carbocycles. The van der Waals surface area contributed by atoms with Crippen molar-refractivity contribution in [3.05, 3.63) is 54.1 Å². The first-order valence-corrected chi connectivity index (χ1v) is 7.00. The van der Waals surface area contributed by atoms with Crippen LogP contribution < -0.4 is 10.1 Å². The Morgan fingerprint density at radius 1 is 1.00 bits per heavy atom. The van der Waals surface area contributed by atoms with Crippen LogP contribution >= 0.6 is 12.8 Å². The number of para-hydroxylation sites is 1. The highest BCUT2D eigenvalue weighted by atomic mass is 32.1. The highest BCUT2D eigenvalue weighted by molar-refractivity contribution is 7.81. The van der Waals surface area contributed by atoms with E-state index in [1.807, 2.05) is 46.8 Å². The molecule has 0 bridgehead atoms. The lowest BCUT2D eigenvalue weighted by Gasteiger charge is -2.24. The van der Waals surface area contributed by atoms with Crippen LogP contribution in [0.1, 0.15) is 5.56 Å². The number of thiol groups is 1. The van der Waals surface area contributed by atoms with Crippen LogP contribution in [-0.4, -0.2) is 15.1 Å². The van der Waals surface area contributed by atoms with Crippen molar-refractivity contribution in [1.82, 2.24) is 15.1 Å². The number of benzene rings is 2. The molecule has 1 aliphatic rings. The van der Waals surface area contributed by atoms with Gasteiger partial charge in [-0.25, -0.2) is 0 Å². The van der Waals surface area contributed by atoms with E-state index in [0.29, 0.717) is 6.54 Å². The van der Waals surface area contributed by atoms with Gasteiger partial charge in [0.15, 0.2) is 0 Å². The summed E-state index contributed by atoms with van der Waals surface area (Å²) in [6.07, 6.45) is 0. The Kier molecular flexibility index (Phi) is 2.65. The summed E-state index contributed by atoms with van der Waals surface area (Å²) >= 11 is 4.63. The molecule has 2 aromatic carbocycles. The van der Waals surface area contributed by atoms with Crippen LogP contribution in [0.25, 0.3) is 22.5 Å². The molecule has 0 atom stereocenters. The number of aromatic nitrogens is 3. The first kappa shape index (κ1) is 12.3. The lowest BCUT2D eigenvalue weighted by molar-refractivity contribution is 0.770. The molecular formula is C15H13N5S. The van der Waals surface area contributed by atoms with E-state index in [4.69, 9.17) is 5.84 Å². The maximum atomic E-state index is 6.00. The predicted molar refractivity (Wildman–Crippen MR) is 86.2 cm³/mol. The first-order chi connectivity index (χ1) is 10.3. The molecule has 0 unspecified atom stereocenters. The Bertz CT molecular complexity index is 826. The fourth-order valence-corrected chi connectivity index (χ4v) is 3.09. The quantitative estimate of drug-likeness (QED) is 0.494. The summed E-state index contributed by atoms with van der Waals surface area (Å²) < 4.78 is 1.92. The highest BCUT2D eigenvalue weighted by Gasteiger charge is 2.24. The predicted octanol–water partition coefficient (Wildman–Crippen LogP) is 2.49. The first-order valence-electron chi connectivity index (χ1n) is 6.60. The zero-order chi connectivity index (χ0) is 14.4. The van der Waals surface area contributed by atoms with Crippen LogP contribution in [-0.2, 0) is 6.54 Å². The summed E-state index contributed by atoms with van der Waals surface area (Å²) in [4.78, 5) is 1.35. The molecule has 3 aromatic rings. The third-order valence-corrected chi connectivity index (χ3v) is 4.08. The molecule has 0 aliphatic carbocycles. The van der Waals surface area contributed by atoms with Gasteiger partial charge in [0, 0.05) is 11.1 Å². The van der Waals surface area contributed by atoms with Gasteiger partial charge in [-0.1, -0.05) is 55.3 Å². The molecule has 0 saturated heterocycles. The Morgan fingerprint density at radius 2 is 1.71 bits per heavy atom. The molecule has 1 aliphatic heterocycles. The maximum absolute atomic E-state index is 6.00. The summed E-state index contributed by atoms with van der Waals surface area (Å²) in [7, 11) is 0. The lowest BCUT2D eigenvalue weighted by atomic mass is 9.97. The monoisotopic (exact) mass is 295 g/mol. The number of hydrogen-bond acceptors (Lipinski definition) is 5. The van der Waals surface area contributed by atoms with Gasteiger partial charge < -0.3 is 10.1 Å². The van der Waals surface area contributed by atoms with Crippen LogP contribution in [0.2, 0.25) is 0 Å². The molecule has 104 valence electrons. The molecule has 0 fully saturated rings. The molecule has 0 radical (unpaired) electrons. The minimum Gasteiger partial charge on any atom is -0.321 e. The second kappa shape index (κ2) is 4.53. The van der Waals surface area contributed by atoms with E-state index in [1.54, 1.807) is 0 Å². The number of rotatable bonds is 0. The average Bonchev–Trinajstić information content (AvgIpc) is 2.88. The van der Waals surface area contributed by atoms with Crippen LogP contribution in [0.5, 0.6) is 0 Å². The highest BCUT2D eigenvalue weighted by Crippen LogP contribution is 2.40. The van der Waals surface area contributed by atoms with Gasteiger partial charge in [0.25, 0.3) is 0 Å². The molecule has 21 heavy (non-hydrogen) atoms. The van der Waals surface area contributed by atoms with Gasteiger partial charge >= 0.3 is 0 Å². The van der Waals surface area contributed by atoms with E-state index >= 15 is 0 Å². The molecule has 5 nitrogen and oxygen atoms in total. The molecule has 2 N–H and O–H groups in total. The van der Waals surface area contributed by atoms with Crippen molar-refractivity contribution in [2.24, 2.45) is 0 Å². The smallest absolute Gasteiger partial charge is 0.125 e. The minimum atomic E-state index is 0.681. The second-order valence-electron chi connectivity index (χ2n) is 4.96. The molecule has 4 rings (SSSR count). The number of nitrogen functional groups attached to an aromatic ring is 1. The van der Waals surface area contributed by atoms with Crippen molar-refractivity contribution < 1.29 is 0 Å². The van der Waals surface area contributed by atoms with Crippen molar-refractivity contribution in [2.75, 3.05) is 10.1 Å². The number of hydrogen-bond donors (Lipinski definition) is 2. The van der Waals surface area contributed by atoms with Gasteiger partial charge in [0.2, 0.25) is 0 Å². The van der Waals surface area contributed by atoms with Gasteiger partial charge in [-0.05, 0) is 16.8 Å². The van der Waals surface area contributed by atoms with E-state index in [2.05, 4.69) is 29.2 Å². The van der Waals surface area contributed by atoms with Crippen molar-refractivity contribution in [3.8, 4) is 22.5 Å². The number of nitrogens with zero attached hydrogens (tertiary/aromatic N) is 4. The van der Waals surface area contributed by atoms with Gasteiger partial charge in [0.1, 0.15) is 11.4 Å². The maximum Gasteiger partial charge on any atom is 0.125 e. The standard InChI is InChI=1S/C15H13N5S/c16-20-15-11-6-2-1-5-10(11)9-19(21)13-8-4-3-7-12(13)14(15)17-18-20/h1-8,21H,9,16H2. The van der Waals surface area contributed by atoms with Crippen molar-refractivity contribution in [3.63, 3.8) is 0 Å². The van der Waals surface area contributed by atoms with E-state index in [0.717, 1.165) is 33.8 Å². The zero-order valence-corrected chi connectivity index (χ0v) is 12.0. The van der Waals surface area contributed by atoms with Crippen molar-refractivity contribution in [2.45, 2.75) is 6.54 Å². The summed E-state index contributed by atoms with van der Waals surface area (Å²) in [5, 5.41) is 8.27. The van der Waals surface area contributed by atoms with Crippen LogP contribution in [0, 0.1) is 0 Å². The molecular weight excluding hydrogens is 282 g/mol. The third kappa shape index (κ3) is 1.80. The van der Waals surface area contributed by atoms with Crippen molar-refractivity contribution >= 4 is 18.5 Å². The Hall–Kier alpha value is -2.47. The van der Waals surface area contributed by atoms with Gasteiger partial charge in [0.05, 0.1) is 12.2 Å².